The molecule has 172 valence electrons. The Morgan fingerprint density at radius 2 is 1.61 bits per heavy atom. The topological polar surface area (TPSA) is 114 Å². The van der Waals surface area contributed by atoms with Gasteiger partial charge in [0.25, 0.3) is 5.91 Å². The van der Waals surface area contributed by atoms with Gasteiger partial charge in [-0.3, -0.25) is 14.4 Å². The number of unbranched alkanes of at least 4 members (excludes halogenated alkanes) is 3. The number of nitrogens with one attached hydrogen (secondary N) is 3. The SMILES string of the molecule is CNC(=O)CCCCCCC(=O)Nc1cccc(C(=O)N[C@@H](CC(C)C)C(=O)OC)c1. The highest BCUT2D eigenvalue weighted by molar-refractivity contribution is 5.98. The van der Waals surface area contributed by atoms with Crippen LogP contribution in [0.2, 0.25) is 0 Å². The van der Waals surface area contributed by atoms with E-state index in [4.69, 9.17) is 4.74 Å². The number of methoxy groups -OCH3 is 1. The average Bonchev–Trinajstić information content (AvgIpc) is 2.74. The second-order valence-corrected chi connectivity index (χ2v) is 7.90. The first-order valence-electron chi connectivity index (χ1n) is 10.8. The first-order valence-corrected chi connectivity index (χ1v) is 10.8. The summed E-state index contributed by atoms with van der Waals surface area (Å²) in [5, 5.41) is 8.09. The van der Waals surface area contributed by atoms with Gasteiger partial charge in [-0.15, -0.1) is 0 Å². The highest BCUT2D eigenvalue weighted by Gasteiger charge is 2.23. The number of amides is 3. The van der Waals surface area contributed by atoms with Gasteiger partial charge in [0.2, 0.25) is 11.8 Å². The fourth-order valence-corrected chi connectivity index (χ4v) is 3.08. The molecule has 0 aliphatic carbocycles. The number of ether oxygens (including phenoxy) is 1. The molecule has 0 aromatic heterocycles. The summed E-state index contributed by atoms with van der Waals surface area (Å²) >= 11 is 0. The van der Waals surface area contributed by atoms with Crippen LogP contribution in [0.25, 0.3) is 0 Å². The first kappa shape index (κ1) is 26.1. The number of carbonyl (C=O) groups excluding carboxylic acids is 4. The minimum Gasteiger partial charge on any atom is -0.467 e. The number of benzene rings is 1. The van der Waals surface area contributed by atoms with Gasteiger partial charge in [-0.2, -0.15) is 0 Å². The zero-order valence-electron chi connectivity index (χ0n) is 19.0. The van der Waals surface area contributed by atoms with E-state index in [1.54, 1.807) is 31.3 Å². The Labute approximate surface area is 184 Å². The molecule has 0 saturated heterocycles. The van der Waals surface area contributed by atoms with Crippen LogP contribution >= 0.6 is 0 Å². The molecule has 1 rings (SSSR count). The van der Waals surface area contributed by atoms with E-state index in [0.29, 0.717) is 30.5 Å². The van der Waals surface area contributed by atoms with Crippen LogP contribution in [0.3, 0.4) is 0 Å². The Morgan fingerprint density at radius 1 is 0.968 bits per heavy atom. The molecule has 1 atom stereocenters. The summed E-state index contributed by atoms with van der Waals surface area (Å²) in [6.07, 6.45) is 4.65. The van der Waals surface area contributed by atoms with Gasteiger partial charge >= 0.3 is 5.97 Å². The predicted octanol–water partition coefficient (Wildman–Crippen LogP) is 3.03. The largest absolute Gasteiger partial charge is 0.467 e. The molecule has 0 saturated carbocycles. The summed E-state index contributed by atoms with van der Waals surface area (Å²) in [5.41, 5.74) is 0.875. The maximum Gasteiger partial charge on any atom is 0.328 e. The Balaban J connectivity index is 2.52. The Kier molecular flexibility index (Phi) is 11.9. The van der Waals surface area contributed by atoms with E-state index >= 15 is 0 Å². The molecule has 8 nitrogen and oxygen atoms in total. The van der Waals surface area contributed by atoms with E-state index in [1.807, 2.05) is 13.8 Å². The van der Waals surface area contributed by atoms with E-state index < -0.39 is 17.9 Å². The number of hydrogen-bond donors (Lipinski definition) is 3. The highest BCUT2D eigenvalue weighted by atomic mass is 16.5. The van der Waals surface area contributed by atoms with Crippen molar-refractivity contribution >= 4 is 29.4 Å². The molecule has 0 spiro atoms. The molecule has 31 heavy (non-hydrogen) atoms. The lowest BCUT2D eigenvalue weighted by Crippen LogP contribution is -2.42. The molecule has 3 amide bonds. The summed E-state index contributed by atoms with van der Waals surface area (Å²) in [6, 6.07) is 5.88. The van der Waals surface area contributed by atoms with Crippen LogP contribution in [0.4, 0.5) is 5.69 Å². The normalized spacial score (nSPS) is 11.5. The summed E-state index contributed by atoms with van der Waals surface area (Å²) in [7, 11) is 2.91. The summed E-state index contributed by atoms with van der Waals surface area (Å²) in [6.45, 7) is 3.92. The fourth-order valence-electron chi connectivity index (χ4n) is 3.08. The lowest BCUT2D eigenvalue weighted by molar-refractivity contribution is -0.143. The van der Waals surface area contributed by atoms with E-state index in [2.05, 4.69) is 16.0 Å². The molecule has 1 aromatic rings. The molecular formula is C23H35N3O5. The average molecular weight is 434 g/mol. The molecular weight excluding hydrogens is 398 g/mol. The zero-order valence-corrected chi connectivity index (χ0v) is 19.0. The van der Waals surface area contributed by atoms with Crippen molar-refractivity contribution in [3.63, 3.8) is 0 Å². The molecule has 3 N–H and O–H groups in total. The van der Waals surface area contributed by atoms with Crippen LogP contribution < -0.4 is 16.0 Å². The van der Waals surface area contributed by atoms with Crippen LogP contribution in [-0.4, -0.2) is 43.9 Å². The summed E-state index contributed by atoms with van der Waals surface area (Å²) in [4.78, 5) is 47.8. The van der Waals surface area contributed by atoms with Crippen molar-refractivity contribution in [2.75, 3.05) is 19.5 Å². The first-order chi connectivity index (χ1) is 14.8. The van der Waals surface area contributed by atoms with Crippen LogP contribution in [-0.2, 0) is 19.1 Å². The van der Waals surface area contributed by atoms with Crippen molar-refractivity contribution in [1.29, 1.82) is 0 Å². The van der Waals surface area contributed by atoms with E-state index in [-0.39, 0.29) is 17.7 Å². The Bertz CT molecular complexity index is 748. The predicted molar refractivity (Wildman–Crippen MR) is 120 cm³/mol. The number of esters is 1. The molecule has 0 radical (unpaired) electrons. The quantitative estimate of drug-likeness (QED) is 0.327. The Morgan fingerprint density at radius 3 is 2.19 bits per heavy atom. The van der Waals surface area contributed by atoms with Gasteiger partial charge in [0, 0.05) is 31.1 Å². The van der Waals surface area contributed by atoms with Gasteiger partial charge in [0.05, 0.1) is 7.11 Å². The number of anilines is 1. The second kappa shape index (κ2) is 14.2. The molecule has 1 aromatic carbocycles. The standard InChI is InChI=1S/C23H35N3O5/c1-16(2)14-19(23(30)31-4)26-22(29)17-10-9-11-18(15-17)25-21(28)13-8-6-5-7-12-20(27)24-3/h9-11,15-16,19H,5-8,12-14H2,1-4H3,(H,24,27)(H,25,28)(H,26,29)/t19-/m0/s1. The lowest BCUT2D eigenvalue weighted by atomic mass is 10.0. The van der Waals surface area contributed by atoms with Gasteiger partial charge < -0.3 is 20.7 Å². The smallest absolute Gasteiger partial charge is 0.328 e. The third-order valence-corrected chi connectivity index (χ3v) is 4.74. The van der Waals surface area contributed by atoms with Gasteiger partial charge in [-0.25, -0.2) is 4.79 Å². The van der Waals surface area contributed by atoms with Crippen molar-refractivity contribution < 1.29 is 23.9 Å². The van der Waals surface area contributed by atoms with Crippen molar-refractivity contribution in [3.05, 3.63) is 29.8 Å². The highest BCUT2D eigenvalue weighted by Crippen LogP contribution is 2.14. The molecule has 0 aliphatic heterocycles. The van der Waals surface area contributed by atoms with E-state index in [9.17, 15) is 19.2 Å². The van der Waals surface area contributed by atoms with Gasteiger partial charge in [-0.1, -0.05) is 32.8 Å². The van der Waals surface area contributed by atoms with Crippen LogP contribution in [0.15, 0.2) is 24.3 Å². The monoisotopic (exact) mass is 433 g/mol. The molecule has 0 unspecified atom stereocenters. The molecule has 0 fully saturated rings. The lowest BCUT2D eigenvalue weighted by Gasteiger charge is -2.18. The second-order valence-electron chi connectivity index (χ2n) is 7.90. The molecule has 0 bridgehead atoms. The van der Waals surface area contributed by atoms with Crippen molar-refractivity contribution in [2.45, 2.75) is 64.8 Å². The van der Waals surface area contributed by atoms with Crippen LogP contribution in [0.1, 0.15) is 69.2 Å². The van der Waals surface area contributed by atoms with Crippen LogP contribution in [0.5, 0.6) is 0 Å². The van der Waals surface area contributed by atoms with Crippen molar-refractivity contribution in [2.24, 2.45) is 5.92 Å². The van der Waals surface area contributed by atoms with Gasteiger partial charge in [-0.05, 0) is 43.4 Å². The third kappa shape index (κ3) is 10.6. The maximum atomic E-state index is 12.6. The van der Waals surface area contributed by atoms with Crippen LogP contribution in [0, 0.1) is 5.92 Å². The van der Waals surface area contributed by atoms with Gasteiger partial charge in [0.15, 0.2) is 0 Å². The molecule has 0 heterocycles. The van der Waals surface area contributed by atoms with Crippen molar-refractivity contribution in [3.8, 4) is 0 Å². The third-order valence-electron chi connectivity index (χ3n) is 4.74. The van der Waals surface area contributed by atoms with E-state index in [0.717, 1.165) is 25.7 Å². The summed E-state index contributed by atoms with van der Waals surface area (Å²) < 4.78 is 4.78. The van der Waals surface area contributed by atoms with E-state index in [1.165, 1.54) is 7.11 Å². The summed E-state index contributed by atoms with van der Waals surface area (Å²) in [5.74, 6) is -0.774. The van der Waals surface area contributed by atoms with Gasteiger partial charge in [0.1, 0.15) is 6.04 Å². The Hall–Kier alpha value is -2.90. The zero-order chi connectivity index (χ0) is 23.2. The number of carbonyl (C=O) groups is 4. The minimum atomic E-state index is -0.723. The molecule has 0 aliphatic rings. The number of hydrogen-bond acceptors (Lipinski definition) is 5. The minimum absolute atomic E-state index is 0.0313. The molecule has 8 heteroatoms. The maximum absolute atomic E-state index is 12.6. The fraction of sp³-hybridized carbons (Fsp3) is 0.565. The number of rotatable bonds is 13. The van der Waals surface area contributed by atoms with Crippen molar-refractivity contribution in [1.82, 2.24) is 10.6 Å².